The predicted molar refractivity (Wildman–Crippen MR) is 118 cm³/mol. The first-order valence-corrected chi connectivity index (χ1v) is 10.5. The highest BCUT2D eigenvalue weighted by Crippen LogP contribution is 2.29. The van der Waals surface area contributed by atoms with Crippen LogP contribution in [0.2, 0.25) is 0 Å². The number of para-hydroxylation sites is 1. The Morgan fingerprint density at radius 2 is 1.68 bits per heavy atom. The molecule has 5 rings (SSSR count). The zero-order chi connectivity index (χ0) is 21.2. The number of hydrogen-bond acceptors (Lipinski definition) is 5. The number of rotatable bonds is 5. The van der Waals surface area contributed by atoms with E-state index in [-0.39, 0.29) is 11.4 Å². The molecular formula is C23H16FN5OS. The van der Waals surface area contributed by atoms with Crippen LogP contribution in [0.1, 0.15) is 5.69 Å². The molecule has 31 heavy (non-hydrogen) atoms. The highest BCUT2D eigenvalue weighted by molar-refractivity contribution is 7.98. The molecule has 0 unspecified atom stereocenters. The Morgan fingerprint density at radius 3 is 2.48 bits per heavy atom. The minimum atomic E-state index is -0.308. The van der Waals surface area contributed by atoms with E-state index in [1.54, 1.807) is 30.5 Å². The van der Waals surface area contributed by atoms with E-state index in [9.17, 15) is 9.18 Å². The van der Waals surface area contributed by atoms with Crippen molar-refractivity contribution >= 4 is 17.4 Å². The van der Waals surface area contributed by atoms with Crippen LogP contribution in [0.5, 0.6) is 0 Å². The molecule has 8 heteroatoms. The number of benzene rings is 2. The van der Waals surface area contributed by atoms with E-state index in [1.165, 1.54) is 34.4 Å². The van der Waals surface area contributed by atoms with Gasteiger partial charge in [0.05, 0.1) is 5.69 Å². The summed E-state index contributed by atoms with van der Waals surface area (Å²) in [6.07, 6.45) is 1.70. The Bertz CT molecular complexity index is 1410. The van der Waals surface area contributed by atoms with E-state index < -0.39 is 0 Å². The molecule has 3 heterocycles. The van der Waals surface area contributed by atoms with Crippen LogP contribution >= 0.6 is 11.8 Å². The summed E-state index contributed by atoms with van der Waals surface area (Å²) in [5.74, 6) is 0.757. The van der Waals surface area contributed by atoms with Crippen LogP contribution < -0.4 is 5.56 Å². The molecule has 0 fully saturated rings. The molecule has 0 N–H and O–H groups in total. The first-order valence-electron chi connectivity index (χ1n) is 9.56. The lowest BCUT2D eigenvalue weighted by atomic mass is 10.2. The molecule has 0 aliphatic rings. The van der Waals surface area contributed by atoms with Crippen LogP contribution in [0.25, 0.3) is 22.7 Å². The number of hydrogen-bond donors (Lipinski definition) is 0. The molecule has 152 valence electrons. The Hall–Kier alpha value is -3.78. The number of halogens is 1. The van der Waals surface area contributed by atoms with E-state index in [0.717, 1.165) is 11.3 Å². The average molecular weight is 429 g/mol. The van der Waals surface area contributed by atoms with Gasteiger partial charge in [0, 0.05) is 29.3 Å². The molecule has 5 aromatic rings. The number of fused-ring (bicyclic) bond motifs is 1. The minimum Gasteiger partial charge on any atom is -0.270 e. The number of thioether (sulfide) groups is 1. The van der Waals surface area contributed by atoms with Gasteiger partial charge < -0.3 is 0 Å². The number of aromatic nitrogens is 5. The van der Waals surface area contributed by atoms with Crippen molar-refractivity contribution in [3.05, 3.63) is 107 Å². The van der Waals surface area contributed by atoms with Crippen LogP contribution in [-0.4, -0.2) is 24.1 Å². The fourth-order valence-electron chi connectivity index (χ4n) is 3.27. The third-order valence-corrected chi connectivity index (χ3v) is 5.69. The highest BCUT2D eigenvalue weighted by atomic mass is 32.2. The largest absolute Gasteiger partial charge is 0.270 e. The van der Waals surface area contributed by atoms with Crippen LogP contribution in [0.3, 0.4) is 0 Å². The van der Waals surface area contributed by atoms with E-state index in [1.807, 2.05) is 41.0 Å². The maximum atomic E-state index is 13.4. The smallest absolute Gasteiger partial charge is 0.258 e. The van der Waals surface area contributed by atoms with E-state index in [2.05, 4.69) is 15.2 Å². The lowest BCUT2D eigenvalue weighted by Crippen LogP contribution is -2.14. The molecule has 0 saturated carbocycles. The summed E-state index contributed by atoms with van der Waals surface area (Å²) in [6, 6.07) is 22.9. The summed E-state index contributed by atoms with van der Waals surface area (Å²) < 4.78 is 16.8. The molecule has 2 aromatic carbocycles. The molecule has 0 spiro atoms. The topological polar surface area (TPSA) is 65.1 Å². The third-order valence-electron chi connectivity index (χ3n) is 4.72. The van der Waals surface area contributed by atoms with Gasteiger partial charge in [-0.05, 0) is 48.5 Å². The van der Waals surface area contributed by atoms with Gasteiger partial charge >= 0.3 is 0 Å². The monoisotopic (exact) mass is 429 g/mol. The Labute approximate surface area is 181 Å². The summed E-state index contributed by atoms with van der Waals surface area (Å²) in [5.41, 5.74) is 2.78. The van der Waals surface area contributed by atoms with Crippen molar-refractivity contribution in [2.24, 2.45) is 0 Å². The summed E-state index contributed by atoms with van der Waals surface area (Å²) in [7, 11) is 0. The molecule has 0 atom stereocenters. The first-order chi connectivity index (χ1) is 15.2. The Morgan fingerprint density at radius 1 is 0.903 bits per heavy atom. The van der Waals surface area contributed by atoms with Crippen LogP contribution in [0, 0.1) is 5.82 Å². The van der Waals surface area contributed by atoms with Gasteiger partial charge in [-0.1, -0.05) is 36.0 Å². The van der Waals surface area contributed by atoms with Gasteiger partial charge in [-0.15, -0.1) is 10.2 Å². The number of nitrogens with zero attached hydrogens (tertiary/aromatic N) is 5. The number of pyridine rings is 1. The van der Waals surface area contributed by atoms with Crippen molar-refractivity contribution in [1.29, 1.82) is 0 Å². The SMILES string of the molecule is O=c1cc(CSc2nnc(-c3ccc(F)cc3)n2-c2ccccc2)nc2ccccn12. The van der Waals surface area contributed by atoms with Gasteiger partial charge in [0.1, 0.15) is 11.5 Å². The summed E-state index contributed by atoms with van der Waals surface area (Å²) in [5, 5.41) is 9.37. The summed E-state index contributed by atoms with van der Waals surface area (Å²) >= 11 is 1.44. The highest BCUT2D eigenvalue weighted by Gasteiger charge is 2.17. The molecular weight excluding hydrogens is 413 g/mol. The van der Waals surface area contributed by atoms with Crippen molar-refractivity contribution in [3.8, 4) is 17.1 Å². The van der Waals surface area contributed by atoms with Crippen molar-refractivity contribution in [2.75, 3.05) is 0 Å². The average Bonchev–Trinajstić information content (AvgIpc) is 3.23. The predicted octanol–water partition coefficient (Wildman–Crippen LogP) is 4.37. The van der Waals surface area contributed by atoms with Gasteiger partial charge in [0.2, 0.25) is 0 Å². The normalized spacial score (nSPS) is 11.1. The minimum absolute atomic E-state index is 0.127. The second kappa shape index (κ2) is 8.16. The Balaban J connectivity index is 1.52. The maximum absolute atomic E-state index is 13.4. The second-order valence-corrected chi connectivity index (χ2v) is 7.73. The molecule has 3 aromatic heterocycles. The van der Waals surface area contributed by atoms with E-state index in [4.69, 9.17) is 0 Å². The molecule has 6 nitrogen and oxygen atoms in total. The van der Waals surface area contributed by atoms with Crippen molar-refractivity contribution < 1.29 is 4.39 Å². The van der Waals surface area contributed by atoms with Crippen LogP contribution in [0.4, 0.5) is 4.39 Å². The molecule has 0 saturated heterocycles. The quantitative estimate of drug-likeness (QED) is 0.388. The Kier molecular flexibility index (Phi) is 5.05. The molecule has 0 aliphatic heterocycles. The summed E-state index contributed by atoms with van der Waals surface area (Å²) in [6.45, 7) is 0. The van der Waals surface area contributed by atoms with Crippen molar-refractivity contribution in [2.45, 2.75) is 10.9 Å². The second-order valence-electron chi connectivity index (χ2n) is 6.79. The molecule has 0 amide bonds. The standard InChI is InChI=1S/C23H16FN5OS/c24-17-11-9-16(10-12-17)22-26-27-23(29(22)19-6-2-1-3-7-19)31-15-18-14-21(30)28-13-5-4-8-20(28)25-18/h1-14H,15H2. The van der Waals surface area contributed by atoms with Crippen LogP contribution in [0.15, 0.2) is 95.0 Å². The lowest BCUT2D eigenvalue weighted by Gasteiger charge is -2.10. The fourth-order valence-corrected chi connectivity index (χ4v) is 4.12. The van der Waals surface area contributed by atoms with Gasteiger partial charge in [-0.25, -0.2) is 9.37 Å². The summed E-state index contributed by atoms with van der Waals surface area (Å²) in [4.78, 5) is 16.9. The van der Waals surface area contributed by atoms with Crippen molar-refractivity contribution in [1.82, 2.24) is 24.1 Å². The fraction of sp³-hybridized carbons (Fsp3) is 0.0435. The van der Waals surface area contributed by atoms with Gasteiger partial charge in [-0.2, -0.15) is 0 Å². The van der Waals surface area contributed by atoms with Gasteiger partial charge in [-0.3, -0.25) is 13.8 Å². The maximum Gasteiger partial charge on any atom is 0.258 e. The first kappa shape index (κ1) is 19.2. The van der Waals surface area contributed by atoms with E-state index >= 15 is 0 Å². The molecule has 0 bridgehead atoms. The van der Waals surface area contributed by atoms with Gasteiger partial charge in [0.25, 0.3) is 5.56 Å². The molecule has 0 radical (unpaired) electrons. The van der Waals surface area contributed by atoms with Crippen molar-refractivity contribution in [3.63, 3.8) is 0 Å². The van der Waals surface area contributed by atoms with Crippen LogP contribution in [-0.2, 0) is 5.75 Å². The lowest BCUT2D eigenvalue weighted by molar-refractivity contribution is 0.628. The zero-order valence-electron chi connectivity index (χ0n) is 16.2. The zero-order valence-corrected chi connectivity index (χ0v) is 17.0. The van der Waals surface area contributed by atoms with E-state index in [0.29, 0.717) is 28.1 Å². The molecule has 0 aliphatic carbocycles. The van der Waals surface area contributed by atoms with Gasteiger partial charge in [0.15, 0.2) is 11.0 Å². The third kappa shape index (κ3) is 3.85.